The predicted octanol–water partition coefficient (Wildman–Crippen LogP) is 3.97. The Morgan fingerprint density at radius 2 is 1.42 bits per heavy atom. The molecular weight excluding hydrogens is 146 g/mol. The Bertz CT molecular complexity index is 44.3. The average Bonchev–Trinajstić information content (AvgIpc) is 2.20. The Balaban J connectivity index is -0.000000175. The van der Waals surface area contributed by atoms with Crippen molar-refractivity contribution in [2.24, 2.45) is 5.73 Å². The lowest BCUT2D eigenvalue weighted by Gasteiger charge is -2.04. The molecule has 1 atom stereocenters. The normalized spacial score (nSPS) is 10.2. The molecule has 78 valence electrons. The fourth-order valence-electron chi connectivity index (χ4n) is 0.670. The summed E-state index contributed by atoms with van der Waals surface area (Å²) in [7, 11) is 0. The van der Waals surface area contributed by atoms with Gasteiger partial charge in [0.25, 0.3) is 0 Å². The molecule has 0 spiro atoms. The van der Waals surface area contributed by atoms with Gasteiger partial charge in [0.2, 0.25) is 0 Å². The lowest BCUT2D eigenvalue weighted by atomic mass is 10.1. The Kier molecular flexibility index (Phi) is 33.5. The monoisotopic (exact) mass is 175 g/mol. The Hall–Kier alpha value is -0.0400. The van der Waals surface area contributed by atoms with E-state index in [0.29, 0.717) is 6.04 Å². The Labute approximate surface area is 79.7 Å². The van der Waals surface area contributed by atoms with Gasteiger partial charge in [-0.3, -0.25) is 0 Å². The number of unbranched alkanes of at least 4 members (excludes halogenated alkanes) is 1. The second-order valence-corrected chi connectivity index (χ2v) is 2.31. The maximum Gasteiger partial charge on any atom is 0.00362 e. The fraction of sp³-hybridized carbons (Fsp3) is 1.00. The van der Waals surface area contributed by atoms with Crippen LogP contribution in [0.4, 0.5) is 0 Å². The highest BCUT2D eigenvalue weighted by Crippen LogP contribution is 1.99. The van der Waals surface area contributed by atoms with Crippen LogP contribution in [0.1, 0.15) is 67.2 Å². The van der Waals surface area contributed by atoms with E-state index < -0.39 is 0 Å². The molecule has 0 aromatic heterocycles. The van der Waals surface area contributed by atoms with Crippen LogP contribution in [0.5, 0.6) is 0 Å². The van der Waals surface area contributed by atoms with Gasteiger partial charge < -0.3 is 5.73 Å². The zero-order chi connectivity index (χ0) is 10.4. The molecule has 0 amide bonds. The highest BCUT2D eigenvalue weighted by Gasteiger charge is 1.94. The van der Waals surface area contributed by atoms with E-state index in [1.165, 1.54) is 19.3 Å². The second kappa shape index (κ2) is 22.4. The van der Waals surface area contributed by atoms with E-state index in [1.54, 1.807) is 0 Å². The fourth-order valence-corrected chi connectivity index (χ4v) is 0.670. The molecule has 1 unspecified atom stereocenters. The molecule has 0 aromatic rings. The molecule has 0 aliphatic heterocycles. The maximum atomic E-state index is 5.66. The van der Waals surface area contributed by atoms with Crippen molar-refractivity contribution in [3.63, 3.8) is 0 Å². The van der Waals surface area contributed by atoms with Crippen LogP contribution in [-0.2, 0) is 0 Å². The minimum Gasteiger partial charge on any atom is -0.328 e. The number of rotatable bonds is 4. The van der Waals surface area contributed by atoms with E-state index in [1.807, 2.05) is 27.7 Å². The van der Waals surface area contributed by atoms with Crippen LogP contribution in [0.25, 0.3) is 0 Å². The van der Waals surface area contributed by atoms with Crippen molar-refractivity contribution in [3.8, 4) is 0 Å². The molecule has 0 aliphatic carbocycles. The van der Waals surface area contributed by atoms with Crippen molar-refractivity contribution in [1.29, 1.82) is 0 Å². The number of hydrogen-bond donors (Lipinski definition) is 1. The number of nitrogens with two attached hydrogens (primary N) is 1. The van der Waals surface area contributed by atoms with Crippen molar-refractivity contribution in [2.75, 3.05) is 0 Å². The summed E-state index contributed by atoms with van der Waals surface area (Å²) in [5, 5.41) is 0. The molecule has 0 bridgehead atoms. The van der Waals surface area contributed by atoms with E-state index in [2.05, 4.69) is 13.8 Å². The van der Waals surface area contributed by atoms with Crippen LogP contribution >= 0.6 is 0 Å². The standard InChI is InChI=1S/C7H17N.2C2H6/c1-3-5-6-7(8)4-2;2*1-2/h7H,3-6,8H2,1-2H3;2*1-2H3. The molecular formula is C11H29N. The first-order chi connectivity index (χ1) is 5.81. The Morgan fingerprint density at radius 1 is 1.00 bits per heavy atom. The summed E-state index contributed by atoms with van der Waals surface area (Å²) in [4.78, 5) is 0. The molecule has 0 fully saturated rings. The van der Waals surface area contributed by atoms with E-state index in [4.69, 9.17) is 5.73 Å². The van der Waals surface area contributed by atoms with Crippen molar-refractivity contribution in [2.45, 2.75) is 73.3 Å². The summed E-state index contributed by atoms with van der Waals surface area (Å²) in [6.07, 6.45) is 4.88. The molecule has 0 saturated heterocycles. The molecule has 0 radical (unpaired) electrons. The smallest absolute Gasteiger partial charge is 0.00362 e. The SMILES string of the molecule is CC.CC.CCCCC(N)CC. The molecule has 12 heavy (non-hydrogen) atoms. The van der Waals surface area contributed by atoms with E-state index in [0.717, 1.165) is 6.42 Å². The van der Waals surface area contributed by atoms with Crippen LogP contribution in [0.15, 0.2) is 0 Å². The third kappa shape index (κ3) is 22.5. The third-order valence-electron chi connectivity index (χ3n) is 1.45. The van der Waals surface area contributed by atoms with E-state index >= 15 is 0 Å². The minimum absolute atomic E-state index is 0.454. The molecule has 0 aliphatic rings. The first-order valence-electron chi connectivity index (χ1n) is 5.56. The lowest BCUT2D eigenvalue weighted by molar-refractivity contribution is 0.562. The zero-order valence-electron chi connectivity index (χ0n) is 9.98. The van der Waals surface area contributed by atoms with E-state index in [-0.39, 0.29) is 0 Å². The van der Waals surface area contributed by atoms with Crippen LogP contribution in [0.2, 0.25) is 0 Å². The molecule has 0 saturated carbocycles. The second-order valence-electron chi connectivity index (χ2n) is 2.31. The Morgan fingerprint density at radius 3 is 1.67 bits per heavy atom. The highest BCUT2D eigenvalue weighted by molar-refractivity contribution is 4.56. The van der Waals surface area contributed by atoms with Gasteiger partial charge in [0, 0.05) is 6.04 Å². The van der Waals surface area contributed by atoms with Gasteiger partial charge >= 0.3 is 0 Å². The largest absolute Gasteiger partial charge is 0.328 e. The molecule has 1 nitrogen and oxygen atoms in total. The summed E-state index contributed by atoms with van der Waals surface area (Å²) in [5.41, 5.74) is 5.66. The van der Waals surface area contributed by atoms with Crippen molar-refractivity contribution in [1.82, 2.24) is 0 Å². The molecule has 0 aromatic carbocycles. The van der Waals surface area contributed by atoms with Gasteiger partial charge in [-0.15, -0.1) is 0 Å². The summed E-state index contributed by atoms with van der Waals surface area (Å²) >= 11 is 0. The zero-order valence-corrected chi connectivity index (χ0v) is 9.98. The van der Waals surface area contributed by atoms with Crippen LogP contribution in [-0.4, -0.2) is 6.04 Å². The van der Waals surface area contributed by atoms with Crippen LogP contribution in [0.3, 0.4) is 0 Å². The quantitative estimate of drug-likeness (QED) is 0.687. The van der Waals surface area contributed by atoms with Gasteiger partial charge in [-0.05, 0) is 12.8 Å². The third-order valence-corrected chi connectivity index (χ3v) is 1.45. The van der Waals surface area contributed by atoms with Gasteiger partial charge in [-0.1, -0.05) is 54.4 Å². The van der Waals surface area contributed by atoms with Gasteiger partial charge in [0.05, 0.1) is 0 Å². The van der Waals surface area contributed by atoms with Gasteiger partial charge in [0.1, 0.15) is 0 Å². The van der Waals surface area contributed by atoms with Crippen molar-refractivity contribution in [3.05, 3.63) is 0 Å². The molecule has 0 rings (SSSR count). The average molecular weight is 175 g/mol. The first-order valence-corrected chi connectivity index (χ1v) is 5.56. The minimum atomic E-state index is 0.454. The first kappa shape index (κ1) is 17.9. The summed E-state index contributed by atoms with van der Waals surface area (Å²) in [6.45, 7) is 12.3. The molecule has 0 heterocycles. The predicted molar refractivity (Wildman–Crippen MR) is 60.5 cm³/mol. The van der Waals surface area contributed by atoms with Crippen LogP contribution < -0.4 is 5.73 Å². The molecule has 2 N–H and O–H groups in total. The topological polar surface area (TPSA) is 26.0 Å². The van der Waals surface area contributed by atoms with Crippen molar-refractivity contribution >= 4 is 0 Å². The lowest BCUT2D eigenvalue weighted by Crippen LogP contribution is -2.17. The summed E-state index contributed by atoms with van der Waals surface area (Å²) < 4.78 is 0. The molecule has 1 heteroatoms. The maximum absolute atomic E-state index is 5.66. The van der Waals surface area contributed by atoms with E-state index in [9.17, 15) is 0 Å². The van der Waals surface area contributed by atoms with Gasteiger partial charge in [-0.2, -0.15) is 0 Å². The highest BCUT2D eigenvalue weighted by atomic mass is 14.6. The van der Waals surface area contributed by atoms with Gasteiger partial charge in [-0.25, -0.2) is 0 Å². The summed E-state index contributed by atoms with van der Waals surface area (Å²) in [5.74, 6) is 0. The number of hydrogen-bond acceptors (Lipinski definition) is 1. The van der Waals surface area contributed by atoms with Crippen molar-refractivity contribution < 1.29 is 0 Å². The van der Waals surface area contributed by atoms with Crippen LogP contribution in [0, 0.1) is 0 Å². The summed E-state index contributed by atoms with van der Waals surface area (Å²) in [6, 6.07) is 0.454. The van der Waals surface area contributed by atoms with Gasteiger partial charge in [0.15, 0.2) is 0 Å².